The van der Waals surface area contributed by atoms with Crippen molar-refractivity contribution in [3.05, 3.63) is 54.1 Å². The molecule has 0 aliphatic rings. The number of carbonyl (C=O) groups is 3. The Morgan fingerprint density at radius 1 is 0.875 bits per heavy atom. The van der Waals surface area contributed by atoms with Crippen LogP contribution in [0.5, 0.6) is 5.75 Å². The predicted molar refractivity (Wildman–Crippen MR) is 121 cm³/mol. The number of nitrogens with one attached hydrogen (secondary N) is 2. The molecule has 10 heteroatoms. The standard InChI is InChI=1S/C22H26N2O7S/c1-4-30-19-12-10-17(11-13-19)23-20(25)14-32(28,29)15(3)21(26)24-18-8-6-16(7-9-18)22(27)31-5-2/h6-13,15H,4-5,14H2,1-3H3,(H,23,25)(H,24,26). The molecule has 0 aromatic heterocycles. The summed E-state index contributed by atoms with van der Waals surface area (Å²) in [5.41, 5.74) is 1.02. The number of ether oxygens (including phenoxy) is 2. The van der Waals surface area contributed by atoms with Gasteiger partial charge in [-0.05, 0) is 69.3 Å². The minimum atomic E-state index is -4.07. The van der Waals surface area contributed by atoms with Gasteiger partial charge < -0.3 is 20.1 Å². The summed E-state index contributed by atoms with van der Waals surface area (Å²) in [5, 5.41) is 3.50. The monoisotopic (exact) mass is 462 g/mol. The molecule has 1 unspecified atom stereocenters. The van der Waals surface area contributed by atoms with Crippen LogP contribution in [-0.2, 0) is 24.2 Å². The minimum absolute atomic E-state index is 0.235. The van der Waals surface area contributed by atoms with Crippen LogP contribution in [0.4, 0.5) is 11.4 Å². The fourth-order valence-corrected chi connectivity index (χ4v) is 3.69. The highest BCUT2D eigenvalue weighted by atomic mass is 32.2. The lowest BCUT2D eigenvalue weighted by molar-refractivity contribution is -0.115. The molecule has 0 aliphatic heterocycles. The average Bonchev–Trinajstić information content (AvgIpc) is 2.75. The van der Waals surface area contributed by atoms with E-state index in [9.17, 15) is 22.8 Å². The molecule has 2 aromatic rings. The van der Waals surface area contributed by atoms with Crippen LogP contribution in [0, 0.1) is 0 Å². The third-order valence-corrected chi connectivity index (χ3v) is 6.31. The van der Waals surface area contributed by atoms with Crippen molar-refractivity contribution in [2.45, 2.75) is 26.0 Å². The summed E-state index contributed by atoms with van der Waals surface area (Å²) in [5.74, 6) is -2.27. The normalized spacial score (nSPS) is 11.8. The zero-order valence-corrected chi connectivity index (χ0v) is 18.9. The quantitative estimate of drug-likeness (QED) is 0.520. The predicted octanol–water partition coefficient (Wildman–Crippen LogP) is 2.64. The summed E-state index contributed by atoms with van der Waals surface area (Å²) in [7, 11) is -4.07. The summed E-state index contributed by atoms with van der Waals surface area (Å²) in [6.45, 7) is 5.48. The van der Waals surface area contributed by atoms with Crippen LogP contribution in [0.1, 0.15) is 31.1 Å². The molecule has 0 heterocycles. The third-order valence-electron chi connectivity index (χ3n) is 4.35. The fourth-order valence-electron chi connectivity index (χ4n) is 2.62. The zero-order valence-electron chi connectivity index (χ0n) is 18.1. The Bertz CT molecular complexity index is 1050. The topological polar surface area (TPSA) is 128 Å². The number of benzene rings is 2. The van der Waals surface area contributed by atoms with Crippen LogP contribution in [0.15, 0.2) is 48.5 Å². The number of hydrogen-bond donors (Lipinski definition) is 2. The Balaban J connectivity index is 1.95. The van der Waals surface area contributed by atoms with E-state index in [1.54, 1.807) is 31.2 Å². The Morgan fingerprint density at radius 3 is 2.00 bits per heavy atom. The highest BCUT2D eigenvalue weighted by molar-refractivity contribution is 7.93. The molecule has 0 spiro atoms. The third kappa shape index (κ3) is 7.09. The summed E-state index contributed by atoms with van der Waals surface area (Å²) in [6.07, 6.45) is 0. The first-order chi connectivity index (χ1) is 15.2. The van der Waals surface area contributed by atoms with Crippen molar-refractivity contribution in [1.29, 1.82) is 0 Å². The maximum absolute atomic E-state index is 12.5. The van der Waals surface area contributed by atoms with Crippen molar-refractivity contribution in [2.75, 3.05) is 29.6 Å². The van der Waals surface area contributed by atoms with Crippen molar-refractivity contribution in [3.8, 4) is 5.75 Å². The summed E-state index contributed by atoms with van der Waals surface area (Å²) < 4.78 is 35.2. The van der Waals surface area contributed by atoms with Gasteiger partial charge in [-0.2, -0.15) is 0 Å². The zero-order chi connectivity index (χ0) is 23.7. The molecule has 0 saturated heterocycles. The first kappa shape index (κ1) is 24.9. The molecule has 172 valence electrons. The van der Waals surface area contributed by atoms with Gasteiger partial charge in [0.25, 0.3) is 0 Å². The van der Waals surface area contributed by atoms with Crippen molar-refractivity contribution in [2.24, 2.45) is 0 Å². The Labute approximate surface area is 187 Å². The molecule has 9 nitrogen and oxygen atoms in total. The van der Waals surface area contributed by atoms with Gasteiger partial charge in [0, 0.05) is 11.4 Å². The molecule has 2 aromatic carbocycles. The summed E-state index contributed by atoms with van der Waals surface area (Å²) in [6, 6.07) is 12.3. The average molecular weight is 463 g/mol. The van der Waals surface area contributed by atoms with Crippen LogP contribution in [0.3, 0.4) is 0 Å². The molecule has 0 bridgehead atoms. The fraction of sp³-hybridized carbons (Fsp3) is 0.318. The largest absolute Gasteiger partial charge is 0.494 e. The number of rotatable bonds is 10. The van der Waals surface area contributed by atoms with E-state index in [4.69, 9.17) is 9.47 Å². The molecule has 32 heavy (non-hydrogen) atoms. The van der Waals surface area contributed by atoms with Gasteiger partial charge >= 0.3 is 5.97 Å². The van der Waals surface area contributed by atoms with Gasteiger partial charge in [0.05, 0.1) is 18.8 Å². The lowest BCUT2D eigenvalue weighted by atomic mass is 10.2. The Hall–Kier alpha value is -3.40. The van der Waals surface area contributed by atoms with Gasteiger partial charge in [-0.1, -0.05) is 0 Å². The maximum Gasteiger partial charge on any atom is 0.338 e. The Kier molecular flexibility index (Phi) is 8.77. The first-order valence-corrected chi connectivity index (χ1v) is 11.7. The van der Waals surface area contributed by atoms with Crippen LogP contribution >= 0.6 is 0 Å². The van der Waals surface area contributed by atoms with Gasteiger partial charge in [0.15, 0.2) is 9.84 Å². The van der Waals surface area contributed by atoms with E-state index in [0.717, 1.165) is 0 Å². The molecule has 2 amide bonds. The second kappa shape index (κ2) is 11.3. The first-order valence-electron chi connectivity index (χ1n) is 9.98. The van der Waals surface area contributed by atoms with Crippen LogP contribution < -0.4 is 15.4 Å². The van der Waals surface area contributed by atoms with E-state index < -0.39 is 38.6 Å². The van der Waals surface area contributed by atoms with Crippen molar-refractivity contribution >= 4 is 39.0 Å². The molecular formula is C22H26N2O7S. The summed E-state index contributed by atoms with van der Waals surface area (Å²) >= 11 is 0. The molecule has 1 atom stereocenters. The maximum atomic E-state index is 12.5. The van der Waals surface area contributed by atoms with Gasteiger partial charge in [-0.25, -0.2) is 13.2 Å². The van der Waals surface area contributed by atoms with E-state index in [-0.39, 0.29) is 6.61 Å². The molecule has 0 fully saturated rings. The van der Waals surface area contributed by atoms with Crippen LogP contribution in [-0.4, -0.2) is 50.4 Å². The lowest BCUT2D eigenvalue weighted by Crippen LogP contribution is -2.37. The lowest BCUT2D eigenvalue weighted by Gasteiger charge is -2.14. The molecule has 0 saturated carbocycles. The smallest absolute Gasteiger partial charge is 0.338 e. The van der Waals surface area contributed by atoms with Crippen molar-refractivity contribution in [1.82, 2.24) is 0 Å². The second-order valence-electron chi connectivity index (χ2n) is 6.74. The number of esters is 1. The molecular weight excluding hydrogens is 436 g/mol. The minimum Gasteiger partial charge on any atom is -0.494 e. The molecule has 0 radical (unpaired) electrons. The second-order valence-corrected chi connectivity index (χ2v) is 9.06. The van der Waals surface area contributed by atoms with E-state index in [0.29, 0.717) is 29.3 Å². The molecule has 0 aliphatic carbocycles. The molecule has 2 N–H and O–H groups in total. The summed E-state index contributed by atoms with van der Waals surface area (Å²) in [4.78, 5) is 36.2. The number of hydrogen-bond acceptors (Lipinski definition) is 7. The number of anilines is 2. The van der Waals surface area contributed by atoms with E-state index in [1.165, 1.54) is 31.2 Å². The number of sulfone groups is 1. The van der Waals surface area contributed by atoms with Gasteiger partial charge in [0.1, 0.15) is 16.8 Å². The van der Waals surface area contributed by atoms with Crippen LogP contribution in [0.25, 0.3) is 0 Å². The highest BCUT2D eigenvalue weighted by Gasteiger charge is 2.30. The Morgan fingerprint density at radius 2 is 1.44 bits per heavy atom. The van der Waals surface area contributed by atoms with Crippen molar-refractivity contribution < 1.29 is 32.3 Å². The molecule has 2 rings (SSSR count). The number of amides is 2. The van der Waals surface area contributed by atoms with E-state index >= 15 is 0 Å². The van der Waals surface area contributed by atoms with Crippen LogP contribution in [0.2, 0.25) is 0 Å². The van der Waals surface area contributed by atoms with Crippen molar-refractivity contribution in [3.63, 3.8) is 0 Å². The van der Waals surface area contributed by atoms with E-state index in [1.807, 2.05) is 6.92 Å². The highest BCUT2D eigenvalue weighted by Crippen LogP contribution is 2.16. The van der Waals surface area contributed by atoms with Gasteiger partial charge in [-0.15, -0.1) is 0 Å². The number of carbonyl (C=O) groups excluding carboxylic acids is 3. The van der Waals surface area contributed by atoms with E-state index in [2.05, 4.69) is 10.6 Å². The van der Waals surface area contributed by atoms with Gasteiger partial charge in [0.2, 0.25) is 11.8 Å². The SMILES string of the molecule is CCOC(=O)c1ccc(NC(=O)C(C)S(=O)(=O)CC(=O)Nc2ccc(OCC)cc2)cc1. The van der Waals surface area contributed by atoms with Gasteiger partial charge in [-0.3, -0.25) is 9.59 Å².